The van der Waals surface area contributed by atoms with Crippen LogP contribution in [0.15, 0.2) is 54.6 Å². The molecule has 3 amide bonds. The van der Waals surface area contributed by atoms with Gasteiger partial charge in [0.2, 0.25) is 17.7 Å². The van der Waals surface area contributed by atoms with E-state index < -0.39 is 29.6 Å². The Bertz CT molecular complexity index is 1170. The number of nitrogens with zero attached hydrogens (tertiary/aromatic N) is 1. The van der Waals surface area contributed by atoms with Crippen molar-refractivity contribution in [2.24, 2.45) is 11.8 Å². The molecule has 3 aliphatic rings. The first-order valence-corrected chi connectivity index (χ1v) is 13.8. The molecule has 37 heavy (non-hydrogen) atoms. The third-order valence-corrected chi connectivity index (χ3v) is 8.65. The molecule has 3 heterocycles. The number of benzene rings is 2. The number of carbonyl (C=O) groups excluding carboxylic acids is 3. The molecule has 0 saturated carbocycles. The lowest BCUT2D eigenvalue weighted by Crippen LogP contribution is -2.54. The van der Waals surface area contributed by atoms with Crippen LogP contribution in [0.3, 0.4) is 0 Å². The summed E-state index contributed by atoms with van der Waals surface area (Å²) in [4.78, 5) is 42.6. The Labute approximate surface area is 228 Å². The maximum atomic E-state index is 13.9. The lowest BCUT2D eigenvalue weighted by molar-refractivity contribution is -0.139. The molecule has 0 radical (unpaired) electrons. The van der Waals surface area contributed by atoms with Crippen molar-refractivity contribution in [2.75, 3.05) is 23.8 Å². The highest BCUT2D eigenvalue weighted by atomic mass is 79.9. The lowest BCUT2D eigenvalue weighted by atomic mass is 9.70. The van der Waals surface area contributed by atoms with E-state index in [9.17, 15) is 19.5 Å². The second-order valence-electron chi connectivity index (χ2n) is 9.83. The van der Waals surface area contributed by atoms with Crippen molar-refractivity contribution in [1.82, 2.24) is 4.90 Å². The number of alkyl halides is 1. The van der Waals surface area contributed by atoms with Crippen molar-refractivity contribution in [2.45, 2.75) is 48.3 Å². The Morgan fingerprint density at radius 2 is 1.70 bits per heavy atom. The van der Waals surface area contributed by atoms with Crippen LogP contribution in [0.2, 0.25) is 5.02 Å². The number of hydrogen-bond acceptors (Lipinski definition) is 5. The Balaban J connectivity index is 1.46. The molecule has 0 aliphatic carbocycles. The first kappa shape index (κ1) is 26.2. The van der Waals surface area contributed by atoms with Gasteiger partial charge in [0.1, 0.15) is 11.6 Å². The number of anilines is 2. The zero-order valence-corrected chi connectivity index (χ0v) is 22.5. The van der Waals surface area contributed by atoms with Gasteiger partial charge in [-0.25, -0.2) is 0 Å². The van der Waals surface area contributed by atoms with Crippen molar-refractivity contribution in [3.63, 3.8) is 0 Å². The number of aliphatic hydroxyl groups excluding tert-OH is 1. The molecule has 2 aromatic carbocycles. The number of ether oxygens (including phenoxy) is 1. The van der Waals surface area contributed by atoms with E-state index in [1.165, 1.54) is 0 Å². The largest absolute Gasteiger partial charge is 0.396 e. The number of amides is 3. The number of rotatable bonds is 9. The van der Waals surface area contributed by atoms with Crippen molar-refractivity contribution in [3.05, 3.63) is 59.6 Å². The summed E-state index contributed by atoms with van der Waals surface area (Å²) in [5, 5.41) is 15.6. The van der Waals surface area contributed by atoms with Crippen LogP contribution in [0.4, 0.5) is 11.4 Å². The summed E-state index contributed by atoms with van der Waals surface area (Å²) in [5.74, 6) is -2.40. The lowest BCUT2D eigenvalue weighted by Gasteiger charge is -2.34. The van der Waals surface area contributed by atoms with Crippen LogP contribution in [0.5, 0.6) is 0 Å². The number of halogens is 2. The Morgan fingerprint density at radius 1 is 1.03 bits per heavy atom. The normalized spacial score (nSPS) is 29.9. The van der Waals surface area contributed by atoms with Crippen molar-refractivity contribution in [3.8, 4) is 0 Å². The van der Waals surface area contributed by atoms with Crippen LogP contribution >= 0.6 is 27.5 Å². The van der Waals surface area contributed by atoms with Crippen LogP contribution < -0.4 is 10.6 Å². The molecular formula is C27H29BrClN3O5. The quantitative estimate of drug-likeness (QED) is 0.304. The van der Waals surface area contributed by atoms with E-state index >= 15 is 0 Å². The molecule has 2 aromatic rings. The minimum atomic E-state index is -1.12. The number of aliphatic hydroxyl groups is 1. The van der Waals surface area contributed by atoms with Crippen LogP contribution in [0.25, 0.3) is 0 Å². The van der Waals surface area contributed by atoms with E-state index in [4.69, 9.17) is 16.3 Å². The van der Waals surface area contributed by atoms with Gasteiger partial charge in [0.05, 0.1) is 17.9 Å². The van der Waals surface area contributed by atoms with E-state index in [2.05, 4.69) is 26.6 Å². The Kier molecular flexibility index (Phi) is 7.58. The minimum absolute atomic E-state index is 0.0682. The molecule has 10 heteroatoms. The third-order valence-electron chi connectivity index (χ3n) is 7.55. The number of likely N-dealkylation sites (tertiary alicyclic amines) is 1. The molecule has 196 valence electrons. The maximum absolute atomic E-state index is 13.9. The Hall–Kier alpha value is -2.46. The van der Waals surface area contributed by atoms with E-state index in [1.807, 2.05) is 18.2 Å². The van der Waals surface area contributed by atoms with Gasteiger partial charge in [-0.1, -0.05) is 45.7 Å². The van der Waals surface area contributed by atoms with Gasteiger partial charge in [-0.2, -0.15) is 0 Å². The molecule has 1 spiro atoms. The number of para-hydroxylation sites is 1. The van der Waals surface area contributed by atoms with E-state index in [0.717, 1.165) is 0 Å². The number of nitrogens with one attached hydrogen (secondary N) is 2. The van der Waals surface area contributed by atoms with Gasteiger partial charge in [-0.15, -0.1) is 0 Å². The second-order valence-corrected chi connectivity index (χ2v) is 11.4. The molecule has 0 aromatic heterocycles. The molecule has 3 unspecified atom stereocenters. The molecule has 3 aliphatic heterocycles. The number of carbonyl (C=O) groups is 3. The topological polar surface area (TPSA) is 108 Å². The summed E-state index contributed by atoms with van der Waals surface area (Å²) < 4.78 is 6.49. The molecule has 6 atom stereocenters. The molecule has 8 nitrogen and oxygen atoms in total. The van der Waals surface area contributed by atoms with Gasteiger partial charge < -0.3 is 25.4 Å². The van der Waals surface area contributed by atoms with Crippen LogP contribution in [0.1, 0.15) is 25.7 Å². The van der Waals surface area contributed by atoms with Gasteiger partial charge >= 0.3 is 0 Å². The second kappa shape index (κ2) is 10.7. The fourth-order valence-electron chi connectivity index (χ4n) is 6.03. The Morgan fingerprint density at radius 3 is 2.41 bits per heavy atom. The monoisotopic (exact) mass is 589 g/mol. The van der Waals surface area contributed by atoms with Gasteiger partial charge in [0, 0.05) is 34.4 Å². The van der Waals surface area contributed by atoms with Crippen molar-refractivity contribution < 1.29 is 24.2 Å². The fourth-order valence-corrected chi connectivity index (χ4v) is 7.10. The standard InChI is InChI=1S/C27H29BrClN3O5/c28-19-15-27-21(20(22(19)37-27)24(34)30-17-7-3-1-4-8-17)26(36)32(13-5-2-6-14-33)23(27)25(35)31-18-11-9-16(29)10-12-18/h1,3-4,7-12,19-23,33H,2,5-6,13-15H2,(H,30,34)(H,31,35)/t19?,20-,21+,22-,23?,27?/m1/s1. The van der Waals surface area contributed by atoms with Gasteiger partial charge in [0.25, 0.3) is 0 Å². The average molecular weight is 591 g/mol. The minimum Gasteiger partial charge on any atom is -0.396 e. The van der Waals surface area contributed by atoms with Crippen molar-refractivity contribution >= 4 is 56.6 Å². The van der Waals surface area contributed by atoms with Crippen molar-refractivity contribution in [1.29, 1.82) is 0 Å². The SMILES string of the molecule is O=C(Nc1ccc(Cl)cc1)C1N(CCCCCO)C(=O)[C@@H]2[C@@H](C(=O)Nc3ccccc3)[C@@H]3OC12CC3Br. The zero-order valence-electron chi connectivity index (χ0n) is 20.1. The summed E-state index contributed by atoms with van der Waals surface area (Å²) in [6.07, 6.45) is 1.87. The molecular weight excluding hydrogens is 562 g/mol. The highest BCUT2D eigenvalue weighted by Crippen LogP contribution is 2.60. The number of unbranched alkanes of at least 4 members (excludes halogenated alkanes) is 2. The number of fused-ring (bicyclic) bond motifs is 1. The van der Waals surface area contributed by atoms with Gasteiger partial charge in [-0.3, -0.25) is 14.4 Å². The van der Waals surface area contributed by atoms with E-state index in [-0.39, 0.29) is 29.2 Å². The highest BCUT2D eigenvalue weighted by molar-refractivity contribution is 9.09. The van der Waals surface area contributed by atoms with E-state index in [0.29, 0.717) is 48.6 Å². The van der Waals surface area contributed by atoms with Crippen LogP contribution in [0, 0.1) is 11.8 Å². The maximum Gasteiger partial charge on any atom is 0.250 e. The first-order valence-electron chi connectivity index (χ1n) is 12.5. The van der Waals surface area contributed by atoms with Gasteiger partial charge in [0.15, 0.2) is 0 Å². The molecule has 3 N–H and O–H groups in total. The molecule has 3 saturated heterocycles. The molecule has 5 rings (SSSR count). The third kappa shape index (κ3) is 4.78. The van der Waals surface area contributed by atoms with Gasteiger partial charge in [-0.05, 0) is 62.1 Å². The summed E-state index contributed by atoms with van der Waals surface area (Å²) in [5.41, 5.74) is 0.0734. The summed E-state index contributed by atoms with van der Waals surface area (Å²) in [6.45, 7) is 0.405. The van der Waals surface area contributed by atoms with Crippen LogP contribution in [-0.2, 0) is 19.1 Å². The number of hydrogen-bond donors (Lipinski definition) is 3. The highest BCUT2D eigenvalue weighted by Gasteiger charge is 2.76. The van der Waals surface area contributed by atoms with Crippen LogP contribution in [-0.4, -0.2) is 63.5 Å². The first-order chi connectivity index (χ1) is 17.9. The summed E-state index contributed by atoms with van der Waals surface area (Å²) >= 11 is 9.67. The van der Waals surface area contributed by atoms with E-state index in [1.54, 1.807) is 41.3 Å². The summed E-state index contributed by atoms with van der Waals surface area (Å²) in [6, 6.07) is 15.0. The zero-order chi connectivity index (χ0) is 26.2. The predicted octanol–water partition coefficient (Wildman–Crippen LogP) is 3.83. The predicted molar refractivity (Wildman–Crippen MR) is 144 cm³/mol. The smallest absolute Gasteiger partial charge is 0.250 e. The molecule has 3 fully saturated rings. The average Bonchev–Trinajstić information content (AvgIpc) is 3.47. The fraction of sp³-hybridized carbons (Fsp3) is 0.444. The summed E-state index contributed by atoms with van der Waals surface area (Å²) in [7, 11) is 0. The molecule has 2 bridgehead atoms.